The number of anilines is 1. The van der Waals surface area contributed by atoms with E-state index in [0.717, 1.165) is 11.6 Å². The van der Waals surface area contributed by atoms with Gasteiger partial charge in [-0.05, 0) is 0 Å². The van der Waals surface area contributed by atoms with E-state index < -0.39 is 0 Å². The number of nitrogens with one attached hydrogen (secondary N) is 1. The molecule has 0 fully saturated rings. The Labute approximate surface area is 83.5 Å². The zero-order chi connectivity index (χ0) is 10.1. The second kappa shape index (κ2) is 3.50. The molecule has 0 amide bonds. The number of nitrogens with zero attached hydrogens (tertiary/aromatic N) is 2. The van der Waals surface area contributed by atoms with Crippen LogP contribution in [-0.4, -0.2) is 17.0 Å². The van der Waals surface area contributed by atoms with E-state index in [-0.39, 0.29) is 5.41 Å². The van der Waals surface area contributed by atoms with E-state index in [9.17, 15) is 0 Å². The van der Waals surface area contributed by atoms with E-state index >= 15 is 0 Å². The van der Waals surface area contributed by atoms with Gasteiger partial charge in [-0.25, -0.2) is 9.97 Å². The Morgan fingerprint density at radius 1 is 1.31 bits per heavy atom. The first-order chi connectivity index (χ1) is 5.93. The molecule has 1 aromatic rings. The molecular weight excluding hydrogens is 186 g/mol. The fourth-order valence-electron chi connectivity index (χ4n) is 0.881. The Hall–Kier alpha value is -0.830. The number of halogens is 1. The quantitative estimate of drug-likeness (QED) is 0.707. The van der Waals surface area contributed by atoms with Crippen LogP contribution in [-0.2, 0) is 5.41 Å². The molecule has 0 unspecified atom stereocenters. The summed E-state index contributed by atoms with van der Waals surface area (Å²) >= 11 is 5.84. The normalized spacial score (nSPS) is 11.5. The van der Waals surface area contributed by atoms with Crippen LogP contribution in [0.3, 0.4) is 0 Å². The molecule has 0 saturated carbocycles. The molecule has 0 aromatic carbocycles. The van der Waals surface area contributed by atoms with Crippen molar-refractivity contribution >= 4 is 17.4 Å². The zero-order valence-electron chi connectivity index (χ0n) is 8.35. The first-order valence-electron chi connectivity index (χ1n) is 4.16. The molecule has 72 valence electrons. The summed E-state index contributed by atoms with van der Waals surface area (Å²) in [6.07, 6.45) is 0. The summed E-state index contributed by atoms with van der Waals surface area (Å²) in [4.78, 5) is 8.48. The van der Waals surface area contributed by atoms with Crippen molar-refractivity contribution in [3.05, 3.63) is 17.0 Å². The number of aromatic nitrogens is 2. The second-order valence-electron chi connectivity index (χ2n) is 3.90. The third kappa shape index (κ3) is 2.56. The Kier molecular flexibility index (Phi) is 2.76. The summed E-state index contributed by atoms with van der Waals surface area (Å²) in [5.74, 6) is 1.51. The molecule has 1 rings (SSSR count). The van der Waals surface area contributed by atoms with Gasteiger partial charge in [-0.1, -0.05) is 32.4 Å². The van der Waals surface area contributed by atoms with E-state index in [2.05, 4.69) is 36.1 Å². The second-order valence-corrected chi connectivity index (χ2v) is 4.29. The minimum absolute atomic E-state index is 0.0729. The predicted octanol–water partition coefficient (Wildman–Crippen LogP) is 2.47. The predicted molar refractivity (Wildman–Crippen MR) is 55.3 cm³/mol. The van der Waals surface area contributed by atoms with E-state index in [4.69, 9.17) is 11.6 Å². The van der Waals surface area contributed by atoms with Gasteiger partial charge in [0, 0.05) is 18.5 Å². The van der Waals surface area contributed by atoms with Crippen molar-refractivity contribution in [2.45, 2.75) is 26.2 Å². The van der Waals surface area contributed by atoms with Crippen LogP contribution < -0.4 is 5.32 Å². The fourth-order valence-corrected chi connectivity index (χ4v) is 1.06. The van der Waals surface area contributed by atoms with Gasteiger partial charge >= 0.3 is 0 Å². The lowest BCUT2D eigenvalue weighted by atomic mass is 9.96. The van der Waals surface area contributed by atoms with Crippen molar-refractivity contribution in [3.63, 3.8) is 0 Å². The highest BCUT2D eigenvalue weighted by molar-refractivity contribution is 6.29. The van der Waals surface area contributed by atoms with E-state index in [0.29, 0.717) is 5.15 Å². The van der Waals surface area contributed by atoms with Crippen molar-refractivity contribution in [2.75, 3.05) is 12.4 Å². The summed E-state index contributed by atoms with van der Waals surface area (Å²) in [5.41, 5.74) is -0.0729. The standard InChI is InChI=1S/C9H14ClN3/c1-9(2,3)8-12-6(10)5-7(11-4)13-8/h5H,1-4H3,(H,11,12,13). The third-order valence-corrected chi connectivity index (χ3v) is 1.82. The lowest BCUT2D eigenvalue weighted by Gasteiger charge is -2.17. The number of hydrogen-bond acceptors (Lipinski definition) is 3. The maximum Gasteiger partial charge on any atom is 0.137 e. The lowest BCUT2D eigenvalue weighted by Crippen LogP contribution is -2.16. The maximum atomic E-state index is 5.84. The molecule has 1 N–H and O–H groups in total. The molecule has 0 spiro atoms. The molecule has 0 bridgehead atoms. The van der Waals surface area contributed by atoms with Crippen LogP contribution in [0, 0.1) is 0 Å². The smallest absolute Gasteiger partial charge is 0.137 e. The van der Waals surface area contributed by atoms with Gasteiger partial charge in [0.05, 0.1) is 0 Å². The van der Waals surface area contributed by atoms with Crippen molar-refractivity contribution in [2.24, 2.45) is 0 Å². The van der Waals surface area contributed by atoms with Gasteiger partial charge in [0.1, 0.15) is 16.8 Å². The summed E-state index contributed by atoms with van der Waals surface area (Å²) in [7, 11) is 1.81. The minimum atomic E-state index is -0.0729. The highest BCUT2D eigenvalue weighted by atomic mass is 35.5. The molecule has 0 atom stereocenters. The van der Waals surface area contributed by atoms with E-state index in [1.807, 2.05) is 7.05 Å². The SMILES string of the molecule is CNc1cc(Cl)nc(C(C)(C)C)n1. The van der Waals surface area contributed by atoms with Crippen molar-refractivity contribution in [1.82, 2.24) is 9.97 Å². The van der Waals surface area contributed by atoms with Crippen LogP contribution in [0.15, 0.2) is 6.07 Å². The monoisotopic (exact) mass is 199 g/mol. The maximum absolute atomic E-state index is 5.84. The van der Waals surface area contributed by atoms with Gasteiger partial charge in [-0.15, -0.1) is 0 Å². The third-order valence-electron chi connectivity index (χ3n) is 1.62. The van der Waals surface area contributed by atoms with Gasteiger partial charge in [0.2, 0.25) is 0 Å². The summed E-state index contributed by atoms with van der Waals surface area (Å²) in [6.45, 7) is 6.16. The molecule has 1 aromatic heterocycles. The van der Waals surface area contributed by atoms with Crippen LogP contribution in [0.4, 0.5) is 5.82 Å². The largest absolute Gasteiger partial charge is 0.373 e. The molecule has 4 heteroatoms. The van der Waals surface area contributed by atoms with Gasteiger partial charge in [-0.3, -0.25) is 0 Å². The fraction of sp³-hybridized carbons (Fsp3) is 0.556. The first kappa shape index (κ1) is 10.3. The van der Waals surface area contributed by atoms with Crippen molar-refractivity contribution < 1.29 is 0 Å². The van der Waals surface area contributed by atoms with Crippen LogP contribution in [0.25, 0.3) is 0 Å². The summed E-state index contributed by atoms with van der Waals surface area (Å²) in [5, 5.41) is 3.42. The van der Waals surface area contributed by atoms with E-state index in [1.165, 1.54) is 0 Å². The van der Waals surface area contributed by atoms with Crippen LogP contribution in [0.1, 0.15) is 26.6 Å². The topological polar surface area (TPSA) is 37.8 Å². The summed E-state index contributed by atoms with van der Waals surface area (Å²) < 4.78 is 0. The highest BCUT2D eigenvalue weighted by Crippen LogP contribution is 2.21. The Bertz CT molecular complexity index is 304. The van der Waals surface area contributed by atoms with Gasteiger partial charge in [0.15, 0.2) is 0 Å². The minimum Gasteiger partial charge on any atom is -0.373 e. The Morgan fingerprint density at radius 3 is 2.38 bits per heavy atom. The van der Waals surface area contributed by atoms with Crippen molar-refractivity contribution in [1.29, 1.82) is 0 Å². The number of rotatable bonds is 1. The average molecular weight is 200 g/mol. The van der Waals surface area contributed by atoms with Crippen molar-refractivity contribution in [3.8, 4) is 0 Å². The molecule has 3 nitrogen and oxygen atoms in total. The van der Waals surface area contributed by atoms with Gasteiger partial charge < -0.3 is 5.32 Å². The molecule has 1 heterocycles. The molecule has 0 aliphatic carbocycles. The molecule has 13 heavy (non-hydrogen) atoms. The molecule has 0 aliphatic heterocycles. The Balaban J connectivity index is 3.16. The lowest BCUT2D eigenvalue weighted by molar-refractivity contribution is 0.546. The van der Waals surface area contributed by atoms with Crippen LogP contribution >= 0.6 is 11.6 Å². The summed E-state index contributed by atoms with van der Waals surface area (Å²) in [6, 6.07) is 1.71. The molecule has 0 aliphatic rings. The molecule has 0 radical (unpaired) electrons. The zero-order valence-corrected chi connectivity index (χ0v) is 9.11. The number of hydrogen-bond donors (Lipinski definition) is 1. The van der Waals surface area contributed by atoms with Crippen LogP contribution in [0.2, 0.25) is 5.15 Å². The Morgan fingerprint density at radius 2 is 1.92 bits per heavy atom. The van der Waals surface area contributed by atoms with Gasteiger partial charge in [-0.2, -0.15) is 0 Å². The van der Waals surface area contributed by atoms with E-state index in [1.54, 1.807) is 6.07 Å². The molecular formula is C9H14ClN3. The first-order valence-corrected chi connectivity index (χ1v) is 4.54. The highest BCUT2D eigenvalue weighted by Gasteiger charge is 2.18. The van der Waals surface area contributed by atoms with Crippen LogP contribution in [0.5, 0.6) is 0 Å². The molecule has 0 saturated heterocycles. The van der Waals surface area contributed by atoms with Gasteiger partial charge in [0.25, 0.3) is 0 Å². The average Bonchev–Trinajstić information content (AvgIpc) is 2.01.